The third-order valence-electron chi connectivity index (χ3n) is 2.97. The summed E-state index contributed by atoms with van der Waals surface area (Å²) in [5.41, 5.74) is 3.08. The van der Waals surface area contributed by atoms with Crippen LogP contribution in [0.4, 0.5) is 4.39 Å². The molecule has 0 aromatic heterocycles. The van der Waals surface area contributed by atoms with Crippen LogP contribution in [0.25, 0.3) is 0 Å². The highest BCUT2D eigenvalue weighted by molar-refractivity contribution is 5.28. The van der Waals surface area contributed by atoms with Gasteiger partial charge < -0.3 is 15.2 Å². The van der Waals surface area contributed by atoms with Crippen LogP contribution in [-0.4, -0.2) is 12.2 Å². The van der Waals surface area contributed by atoms with E-state index in [1.165, 1.54) is 12.1 Å². The highest BCUT2D eigenvalue weighted by Crippen LogP contribution is 2.16. The Labute approximate surface area is 118 Å². The Morgan fingerprint density at radius 2 is 1.75 bits per heavy atom. The molecule has 0 amide bonds. The molecular weight excluding hydrogens is 257 g/mol. The van der Waals surface area contributed by atoms with Gasteiger partial charge in [-0.1, -0.05) is 30.3 Å². The van der Waals surface area contributed by atoms with Crippen LogP contribution >= 0.6 is 0 Å². The zero-order valence-electron chi connectivity index (χ0n) is 11.4. The molecule has 0 atom stereocenters. The minimum atomic E-state index is -0.591. The molecular formula is C16H18FNO2. The number of hydrogen-bond acceptors (Lipinski definition) is 3. The van der Waals surface area contributed by atoms with Crippen LogP contribution in [0, 0.1) is 5.82 Å². The molecule has 0 saturated carbocycles. The molecule has 0 unspecified atom stereocenters. The van der Waals surface area contributed by atoms with E-state index in [2.05, 4.69) is 11.4 Å². The van der Waals surface area contributed by atoms with Crippen molar-refractivity contribution in [2.75, 3.05) is 7.11 Å². The van der Waals surface area contributed by atoms with Crippen molar-refractivity contribution in [3.8, 4) is 5.75 Å². The fourth-order valence-electron chi connectivity index (χ4n) is 2.01. The van der Waals surface area contributed by atoms with Crippen molar-refractivity contribution < 1.29 is 14.2 Å². The average molecular weight is 275 g/mol. The third kappa shape index (κ3) is 4.05. The van der Waals surface area contributed by atoms with E-state index < -0.39 is 5.82 Å². The summed E-state index contributed by atoms with van der Waals surface area (Å²) >= 11 is 0. The average Bonchev–Trinajstić information content (AvgIpc) is 2.44. The van der Waals surface area contributed by atoms with Gasteiger partial charge in [-0.05, 0) is 28.8 Å². The lowest BCUT2D eigenvalue weighted by molar-refractivity contribution is 0.185. The van der Waals surface area contributed by atoms with Gasteiger partial charge in [0.15, 0.2) is 11.6 Å². The number of rotatable bonds is 6. The molecule has 4 heteroatoms. The molecule has 0 aliphatic carbocycles. The molecule has 0 bridgehead atoms. The Balaban J connectivity index is 1.89. The molecule has 2 aromatic rings. The van der Waals surface area contributed by atoms with E-state index in [1.54, 1.807) is 13.2 Å². The summed E-state index contributed by atoms with van der Waals surface area (Å²) in [4.78, 5) is 0. The molecule has 0 aliphatic rings. The first-order chi connectivity index (χ1) is 9.69. The van der Waals surface area contributed by atoms with E-state index in [4.69, 9.17) is 9.84 Å². The van der Waals surface area contributed by atoms with Gasteiger partial charge in [0, 0.05) is 20.2 Å². The fraction of sp³-hybridized carbons (Fsp3) is 0.250. The number of ether oxygens (including phenoxy) is 1. The van der Waals surface area contributed by atoms with E-state index in [0.717, 1.165) is 16.7 Å². The molecule has 2 aromatic carbocycles. The first-order valence-corrected chi connectivity index (χ1v) is 6.44. The molecule has 0 saturated heterocycles. The number of hydrogen-bond donors (Lipinski definition) is 2. The number of phenolic OH excluding ortho intramolecular Hbond substituents is 1. The first-order valence-electron chi connectivity index (χ1n) is 6.44. The maximum absolute atomic E-state index is 13.2. The van der Waals surface area contributed by atoms with Gasteiger partial charge in [0.25, 0.3) is 0 Å². The Morgan fingerprint density at radius 3 is 2.45 bits per heavy atom. The number of aromatic hydroxyl groups is 1. The summed E-state index contributed by atoms with van der Waals surface area (Å²) in [6, 6.07) is 12.5. The number of methoxy groups -OCH3 is 1. The van der Waals surface area contributed by atoms with E-state index in [-0.39, 0.29) is 5.75 Å². The number of nitrogens with one attached hydrogen (secondary N) is 1. The van der Waals surface area contributed by atoms with Crippen molar-refractivity contribution in [1.82, 2.24) is 5.32 Å². The maximum Gasteiger partial charge on any atom is 0.165 e. The van der Waals surface area contributed by atoms with Gasteiger partial charge in [0.05, 0.1) is 6.61 Å². The Kier molecular flexibility index (Phi) is 5.09. The minimum absolute atomic E-state index is 0.319. The Bertz CT molecular complexity index is 572. The first kappa shape index (κ1) is 14.5. The van der Waals surface area contributed by atoms with E-state index in [9.17, 15) is 4.39 Å². The van der Waals surface area contributed by atoms with Gasteiger partial charge in [-0.2, -0.15) is 0 Å². The number of benzene rings is 2. The molecule has 3 nitrogen and oxygen atoms in total. The summed E-state index contributed by atoms with van der Waals surface area (Å²) in [5, 5.41) is 12.4. The molecule has 0 aliphatic heterocycles. The lowest BCUT2D eigenvalue weighted by Crippen LogP contribution is -2.13. The second kappa shape index (κ2) is 7.03. The van der Waals surface area contributed by atoms with E-state index in [1.807, 2.05) is 18.2 Å². The maximum atomic E-state index is 13.2. The topological polar surface area (TPSA) is 41.5 Å². The lowest BCUT2D eigenvalue weighted by atomic mass is 10.1. The second-order valence-corrected chi connectivity index (χ2v) is 4.64. The molecule has 2 rings (SSSR count). The van der Waals surface area contributed by atoms with Crippen LogP contribution < -0.4 is 5.32 Å². The molecule has 2 N–H and O–H groups in total. The van der Waals surface area contributed by atoms with Crippen molar-refractivity contribution in [2.24, 2.45) is 0 Å². The molecule has 20 heavy (non-hydrogen) atoms. The SMILES string of the molecule is COCc1cccc(CNCc2ccc(O)c(F)c2)c1. The van der Waals surface area contributed by atoms with Crippen LogP contribution in [0.15, 0.2) is 42.5 Å². The highest BCUT2D eigenvalue weighted by Gasteiger charge is 2.01. The van der Waals surface area contributed by atoms with Crippen LogP contribution in [-0.2, 0) is 24.4 Å². The predicted molar refractivity (Wildman–Crippen MR) is 75.8 cm³/mol. The third-order valence-corrected chi connectivity index (χ3v) is 2.97. The molecule has 0 fully saturated rings. The van der Waals surface area contributed by atoms with E-state index in [0.29, 0.717) is 19.7 Å². The van der Waals surface area contributed by atoms with Gasteiger partial charge in [-0.3, -0.25) is 0 Å². The van der Waals surface area contributed by atoms with Crippen molar-refractivity contribution in [1.29, 1.82) is 0 Å². The van der Waals surface area contributed by atoms with Crippen LogP contribution in [0.5, 0.6) is 5.75 Å². The summed E-state index contributed by atoms with van der Waals surface area (Å²) < 4.78 is 18.3. The summed E-state index contributed by atoms with van der Waals surface area (Å²) in [5.74, 6) is -0.910. The predicted octanol–water partition coefficient (Wildman–Crippen LogP) is 2.97. The molecule has 106 valence electrons. The number of phenols is 1. The van der Waals surface area contributed by atoms with Crippen molar-refractivity contribution in [3.63, 3.8) is 0 Å². The van der Waals surface area contributed by atoms with Crippen molar-refractivity contribution in [3.05, 3.63) is 65.0 Å². The molecule has 0 spiro atoms. The summed E-state index contributed by atoms with van der Waals surface area (Å²) in [6.07, 6.45) is 0. The monoisotopic (exact) mass is 275 g/mol. The Morgan fingerprint density at radius 1 is 1.05 bits per heavy atom. The number of halogens is 1. The smallest absolute Gasteiger partial charge is 0.165 e. The summed E-state index contributed by atoms with van der Waals surface area (Å²) in [6.45, 7) is 1.84. The largest absolute Gasteiger partial charge is 0.505 e. The summed E-state index contributed by atoms with van der Waals surface area (Å²) in [7, 11) is 1.67. The van der Waals surface area contributed by atoms with Gasteiger partial charge in [-0.15, -0.1) is 0 Å². The van der Waals surface area contributed by atoms with Crippen LogP contribution in [0.3, 0.4) is 0 Å². The molecule has 0 radical (unpaired) electrons. The van der Waals surface area contributed by atoms with Crippen molar-refractivity contribution >= 4 is 0 Å². The quantitative estimate of drug-likeness (QED) is 0.851. The zero-order chi connectivity index (χ0) is 14.4. The standard InChI is InChI=1S/C16H18FNO2/c1-20-11-14-4-2-3-12(7-14)9-18-10-13-5-6-16(19)15(17)8-13/h2-8,18-19H,9-11H2,1H3. The highest BCUT2D eigenvalue weighted by atomic mass is 19.1. The normalized spacial score (nSPS) is 10.7. The molecule has 0 heterocycles. The lowest BCUT2D eigenvalue weighted by Gasteiger charge is -2.07. The second-order valence-electron chi connectivity index (χ2n) is 4.64. The van der Waals surface area contributed by atoms with Gasteiger partial charge in [0.1, 0.15) is 0 Å². The van der Waals surface area contributed by atoms with E-state index >= 15 is 0 Å². The van der Waals surface area contributed by atoms with Gasteiger partial charge in [-0.25, -0.2) is 4.39 Å². The minimum Gasteiger partial charge on any atom is -0.505 e. The van der Waals surface area contributed by atoms with Gasteiger partial charge in [0.2, 0.25) is 0 Å². The fourth-order valence-corrected chi connectivity index (χ4v) is 2.01. The van der Waals surface area contributed by atoms with Gasteiger partial charge >= 0.3 is 0 Å². The van der Waals surface area contributed by atoms with Crippen molar-refractivity contribution in [2.45, 2.75) is 19.7 Å². The van der Waals surface area contributed by atoms with Crippen LogP contribution in [0.2, 0.25) is 0 Å². The van der Waals surface area contributed by atoms with Crippen LogP contribution in [0.1, 0.15) is 16.7 Å². The zero-order valence-corrected chi connectivity index (χ0v) is 11.4. The Hall–Kier alpha value is -1.91.